The Kier molecular flexibility index (Phi) is 18.3. The molecule has 0 saturated heterocycles. The summed E-state index contributed by atoms with van der Waals surface area (Å²) >= 11 is 0. The fraction of sp³-hybridized carbons (Fsp3) is 0.625. The Balaban J connectivity index is 0. The van der Waals surface area contributed by atoms with Crippen LogP contribution in [0.4, 0.5) is 18.4 Å². The molecule has 0 spiro atoms. The summed E-state index contributed by atoms with van der Waals surface area (Å²) in [6.45, 7) is 10.0. The first kappa shape index (κ1) is 33.4. The first-order valence-electron chi connectivity index (χ1n) is 11.3. The number of aliphatic hydroxyl groups is 1. The minimum atomic E-state index is -1.83. The van der Waals surface area contributed by atoms with Gasteiger partial charge in [-0.2, -0.15) is 0 Å². The highest BCUT2D eigenvalue weighted by Gasteiger charge is 2.18. The van der Waals surface area contributed by atoms with Crippen molar-refractivity contribution < 1.29 is 33.0 Å². The number of amides is 3. The van der Waals surface area contributed by atoms with Gasteiger partial charge in [-0.05, 0) is 58.6 Å². The van der Waals surface area contributed by atoms with Crippen molar-refractivity contribution in [1.82, 2.24) is 10.2 Å². The maximum Gasteiger partial charge on any atom is 0.407 e. The van der Waals surface area contributed by atoms with E-state index in [9.17, 15) is 23.5 Å². The largest absolute Gasteiger partial charge is 0.444 e. The molecule has 1 aromatic carbocycles. The van der Waals surface area contributed by atoms with Crippen LogP contribution in [0.2, 0.25) is 0 Å². The van der Waals surface area contributed by atoms with Gasteiger partial charge in [-0.15, -0.1) is 4.39 Å². The Morgan fingerprint density at radius 2 is 1.76 bits per heavy atom. The van der Waals surface area contributed by atoms with Crippen LogP contribution in [0.15, 0.2) is 24.3 Å². The number of aliphatic hydroxyl groups excluding tert-OH is 1. The van der Waals surface area contributed by atoms with Gasteiger partial charge in [0.15, 0.2) is 0 Å². The first-order chi connectivity index (χ1) is 15.8. The Hall–Kier alpha value is -2.75. The number of nitrogens with zero attached hydrogens (tertiary/aromatic N) is 1. The summed E-state index contributed by atoms with van der Waals surface area (Å²) in [6, 6.07) is 6.52. The zero-order valence-corrected chi connectivity index (χ0v) is 21.2. The SMILES string of the molecule is CCCCN(C(=O)CCCc1ccccc1F)[C@@H](C)CO.CNC(=O)OC(C)(C)C.NC(=O)F. The summed E-state index contributed by atoms with van der Waals surface area (Å²) < 4.78 is 28.5. The number of nitrogens with two attached hydrogens (primary N) is 1. The third-order valence-corrected chi connectivity index (χ3v) is 4.27. The normalized spacial score (nSPS) is 11.1. The van der Waals surface area contributed by atoms with Gasteiger partial charge in [0, 0.05) is 20.0 Å². The van der Waals surface area contributed by atoms with Crippen molar-refractivity contribution in [3.63, 3.8) is 0 Å². The van der Waals surface area contributed by atoms with Gasteiger partial charge in [-0.25, -0.2) is 14.0 Å². The highest BCUT2D eigenvalue weighted by molar-refractivity contribution is 5.76. The first-order valence-corrected chi connectivity index (χ1v) is 11.3. The number of aryl methyl sites for hydroxylation is 1. The third-order valence-electron chi connectivity index (χ3n) is 4.27. The smallest absolute Gasteiger partial charge is 0.407 e. The average molecular weight is 490 g/mol. The molecule has 0 aliphatic heterocycles. The lowest BCUT2D eigenvalue weighted by atomic mass is 10.1. The van der Waals surface area contributed by atoms with Gasteiger partial charge in [0.25, 0.3) is 0 Å². The number of carbonyl (C=O) groups is 3. The van der Waals surface area contributed by atoms with Crippen molar-refractivity contribution in [3.8, 4) is 0 Å². The number of benzene rings is 1. The van der Waals surface area contributed by atoms with Gasteiger partial charge in [-0.1, -0.05) is 31.5 Å². The fourth-order valence-corrected chi connectivity index (χ4v) is 2.62. The molecule has 0 aliphatic carbocycles. The molecule has 196 valence electrons. The number of hydrogen-bond donors (Lipinski definition) is 3. The van der Waals surface area contributed by atoms with Crippen LogP contribution >= 0.6 is 0 Å². The van der Waals surface area contributed by atoms with E-state index >= 15 is 0 Å². The van der Waals surface area contributed by atoms with Crippen LogP contribution in [-0.4, -0.2) is 60.0 Å². The summed E-state index contributed by atoms with van der Waals surface area (Å²) in [5.41, 5.74) is 4.07. The van der Waals surface area contributed by atoms with Crippen LogP contribution in [0.3, 0.4) is 0 Å². The molecule has 8 nitrogen and oxygen atoms in total. The molecule has 3 amide bonds. The predicted molar refractivity (Wildman–Crippen MR) is 128 cm³/mol. The Morgan fingerprint density at radius 3 is 2.18 bits per heavy atom. The standard InChI is InChI=1S/C17H26FNO2.C6H13NO2.CH2FNO/c1-3-4-12-19(14(2)13-20)17(21)11-7-9-15-8-5-6-10-16(15)18;1-6(2,3)9-5(8)7-4;2-1(3)4/h5-6,8,10,14,20H,3-4,7,9,11-13H2,1-2H3;1-4H3,(H,7,8);(H2,3,4)/t14-;;/m0../s1. The number of halogens is 2. The van der Waals surface area contributed by atoms with E-state index in [1.54, 1.807) is 17.0 Å². The lowest BCUT2D eigenvalue weighted by Gasteiger charge is -2.28. The maximum absolute atomic E-state index is 13.5. The zero-order valence-electron chi connectivity index (χ0n) is 21.2. The Bertz CT molecular complexity index is 723. The Morgan fingerprint density at radius 1 is 1.21 bits per heavy atom. The van der Waals surface area contributed by atoms with Crippen LogP contribution in [0.25, 0.3) is 0 Å². The molecule has 4 N–H and O–H groups in total. The molecule has 0 bridgehead atoms. The summed E-state index contributed by atoms with van der Waals surface area (Å²) in [4.78, 5) is 33.0. The second kappa shape index (κ2) is 18.7. The van der Waals surface area contributed by atoms with Crippen molar-refractivity contribution in [2.75, 3.05) is 20.2 Å². The quantitative estimate of drug-likeness (QED) is 0.352. The molecule has 0 fully saturated rings. The van der Waals surface area contributed by atoms with Gasteiger partial charge in [-0.3, -0.25) is 4.79 Å². The molecule has 0 saturated carbocycles. The number of hydrogen-bond acceptors (Lipinski definition) is 5. The fourth-order valence-electron chi connectivity index (χ4n) is 2.62. The topological polar surface area (TPSA) is 122 Å². The van der Waals surface area contributed by atoms with Crippen molar-refractivity contribution >= 4 is 18.2 Å². The van der Waals surface area contributed by atoms with E-state index in [1.165, 1.54) is 13.1 Å². The number of rotatable bonds is 9. The van der Waals surface area contributed by atoms with E-state index in [-0.39, 0.29) is 36.1 Å². The minimum absolute atomic E-state index is 0.0250. The molecule has 34 heavy (non-hydrogen) atoms. The van der Waals surface area contributed by atoms with Crippen LogP contribution < -0.4 is 11.1 Å². The lowest BCUT2D eigenvalue weighted by molar-refractivity contribution is -0.134. The molecule has 1 aromatic rings. The summed E-state index contributed by atoms with van der Waals surface area (Å²) in [5.74, 6) is -0.169. The summed E-state index contributed by atoms with van der Waals surface area (Å²) in [5, 5.41) is 11.6. The maximum atomic E-state index is 13.5. The lowest BCUT2D eigenvalue weighted by Crippen LogP contribution is -2.41. The second-order valence-electron chi connectivity index (χ2n) is 8.47. The molecule has 0 radical (unpaired) electrons. The predicted octanol–water partition coefficient (Wildman–Crippen LogP) is 4.33. The zero-order chi connectivity index (χ0) is 26.7. The third kappa shape index (κ3) is 18.8. The number of primary amides is 1. The van der Waals surface area contributed by atoms with Crippen molar-refractivity contribution in [2.45, 2.75) is 78.4 Å². The van der Waals surface area contributed by atoms with Gasteiger partial charge >= 0.3 is 12.3 Å². The van der Waals surface area contributed by atoms with Gasteiger partial charge in [0.1, 0.15) is 11.4 Å². The molecule has 0 aromatic heterocycles. The highest BCUT2D eigenvalue weighted by atomic mass is 19.1. The Labute approximate surface area is 201 Å². The molecule has 0 aliphatic rings. The van der Waals surface area contributed by atoms with E-state index in [0.717, 1.165) is 12.8 Å². The number of carbonyl (C=O) groups excluding carboxylic acids is 3. The summed E-state index contributed by atoms with van der Waals surface area (Å²) in [6.07, 6.45) is 1.30. The summed E-state index contributed by atoms with van der Waals surface area (Å²) in [7, 11) is 1.54. The van der Waals surface area contributed by atoms with Crippen LogP contribution in [-0.2, 0) is 16.0 Å². The molecule has 10 heteroatoms. The minimum Gasteiger partial charge on any atom is -0.444 e. The van der Waals surface area contributed by atoms with Crippen molar-refractivity contribution in [1.29, 1.82) is 0 Å². The monoisotopic (exact) mass is 489 g/mol. The highest BCUT2D eigenvalue weighted by Crippen LogP contribution is 2.12. The molecular weight excluding hydrogens is 448 g/mol. The molecular formula is C24H41F2N3O5. The van der Waals surface area contributed by atoms with Crippen LogP contribution in [0.5, 0.6) is 0 Å². The molecule has 1 rings (SSSR count). The number of alkyl carbamates (subject to hydrolysis) is 1. The van der Waals surface area contributed by atoms with E-state index < -0.39 is 6.16 Å². The van der Waals surface area contributed by atoms with Gasteiger partial charge in [0.2, 0.25) is 5.91 Å². The van der Waals surface area contributed by atoms with Crippen LogP contribution in [0.1, 0.15) is 65.9 Å². The van der Waals surface area contributed by atoms with E-state index in [2.05, 4.69) is 18.0 Å². The molecule has 0 unspecified atom stereocenters. The van der Waals surface area contributed by atoms with Crippen molar-refractivity contribution in [2.24, 2.45) is 5.73 Å². The average Bonchev–Trinajstić information content (AvgIpc) is 2.74. The van der Waals surface area contributed by atoms with Crippen LogP contribution in [0, 0.1) is 5.82 Å². The van der Waals surface area contributed by atoms with Gasteiger partial charge in [0.05, 0.1) is 12.6 Å². The van der Waals surface area contributed by atoms with E-state index in [0.29, 0.717) is 31.4 Å². The van der Waals surface area contributed by atoms with Crippen molar-refractivity contribution in [3.05, 3.63) is 35.6 Å². The molecule has 1 atom stereocenters. The second-order valence-corrected chi connectivity index (χ2v) is 8.47. The van der Waals surface area contributed by atoms with Gasteiger partial charge < -0.3 is 25.8 Å². The van der Waals surface area contributed by atoms with E-state index in [1.807, 2.05) is 33.8 Å². The molecule has 0 heterocycles. The van der Waals surface area contributed by atoms with E-state index in [4.69, 9.17) is 9.53 Å². The number of nitrogens with one attached hydrogen (secondary N) is 1. The number of ether oxygens (including phenoxy) is 1. The number of unbranched alkanes of at least 4 members (excludes halogenated alkanes) is 1.